The standard InChI is InChI=1S/C32H35NO10/c1-19(34)40-18-31-22(41-23(35)13-12-20-9-6-5-7-10-20)14-15-30(4,39)32(31)26(37)24(29(2,3)43-32)25(36)27(31)42-28(38)21-11-8-16-33-17-21/h5-13,16-17,22,24,26-27,37,39H,14-15,18H2,1-4H3/t22-,24+,26?,27+,30-,31-,32-/m0/s1. The largest absolute Gasteiger partial charge is 0.465 e. The lowest BCUT2D eigenvalue weighted by Gasteiger charge is -2.63. The van der Waals surface area contributed by atoms with Gasteiger partial charge in [-0.25, -0.2) is 9.59 Å². The van der Waals surface area contributed by atoms with Gasteiger partial charge in [0.25, 0.3) is 0 Å². The van der Waals surface area contributed by atoms with Gasteiger partial charge in [0.2, 0.25) is 0 Å². The first kappa shape index (κ1) is 30.5. The van der Waals surface area contributed by atoms with Crippen LogP contribution in [0.1, 0.15) is 56.5 Å². The van der Waals surface area contributed by atoms with Crippen molar-refractivity contribution >= 4 is 29.8 Å². The van der Waals surface area contributed by atoms with Crippen LogP contribution in [0.2, 0.25) is 0 Å². The molecule has 3 aliphatic rings. The van der Waals surface area contributed by atoms with Crippen LogP contribution in [-0.4, -0.2) is 80.6 Å². The van der Waals surface area contributed by atoms with Crippen LogP contribution >= 0.6 is 0 Å². The molecule has 11 heteroatoms. The molecule has 1 unspecified atom stereocenters. The maximum Gasteiger partial charge on any atom is 0.340 e. The Morgan fingerprint density at radius 3 is 2.47 bits per heavy atom. The molecule has 2 saturated carbocycles. The smallest absolute Gasteiger partial charge is 0.340 e. The number of aliphatic hydroxyl groups excluding tert-OH is 1. The Labute approximate surface area is 248 Å². The van der Waals surface area contributed by atoms with Crippen molar-refractivity contribution in [3.8, 4) is 0 Å². The van der Waals surface area contributed by atoms with Crippen molar-refractivity contribution < 1.29 is 48.3 Å². The molecule has 1 saturated heterocycles. The lowest BCUT2D eigenvalue weighted by Crippen LogP contribution is -2.82. The number of carbonyl (C=O) groups is 4. The number of carbonyl (C=O) groups excluding carboxylic acids is 4. The quantitative estimate of drug-likeness (QED) is 0.276. The molecule has 1 aliphatic heterocycles. The van der Waals surface area contributed by atoms with E-state index in [4.69, 9.17) is 18.9 Å². The maximum atomic E-state index is 14.3. The summed E-state index contributed by atoms with van der Waals surface area (Å²) in [4.78, 5) is 57.2. The van der Waals surface area contributed by atoms with Crippen LogP contribution in [-0.2, 0) is 33.3 Å². The number of pyridine rings is 1. The van der Waals surface area contributed by atoms with Crippen LogP contribution < -0.4 is 0 Å². The van der Waals surface area contributed by atoms with Crippen LogP contribution in [0.5, 0.6) is 0 Å². The third-order valence-corrected chi connectivity index (χ3v) is 9.00. The van der Waals surface area contributed by atoms with Gasteiger partial charge in [0.15, 0.2) is 11.9 Å². The molecule has 3 fully saturated rings. The van der Waals surface area contributed by atoms with Gasteiger partial charge in [-0.15, -0.1) is 0 Å². The van der Waals surface area contributed by atoms with Crippen molar-refractivity contribution in [1.29, 1.82) is 0 Å². The third-order valence-electron chi connectivity index (χ3n) is 9.00. The van der Waals surface area contributed by atoms with E-state index in [0.717, 1.165) is 12.5 Å². The fourth-order valence-corrected chi connectivity index (χ4v) is 7.22. The summed E-state index contributed by atoms with van der Waals surface area (Å²) in [5.41, 5.74) is -6.55. The molecule has 0 radical (unpaired) electrons. The van der Waals surface area contributed by atoms with Gasteiger partial charge >= 0.3 is 17.9 Å². The minimum absolute atomic E-state index is 0.0213. The second kappa shape index (κ2) is 11.0. The summed E-state index contributed by atoms with van der Waals surface area (Å²) in [5, 5.41) is 23.9. The summed E-state index contributed by atoms with van der Waals surface area (Å²) in [6.07, 6.45) is 0.729. The van der Waals surface area contributed by atoms with Crippen LogP contribution in [0.3, 0.4) is 0 Å². The van der Waals surface area contributed by atoms with Crippen LogP contribution in [0.15, 0.2) is 60.9 Å². The maximum absolute atomic E-state index is 14.3. The summed E-state index contributed by atoms with van der Waals surface area (Å²) in [7, 11) is 0. The number of ketones is 1. The Morgan fingerprint density at radius 1 is 1.09 bits per heavy atom. The van der Waals surface area contributed by atoms with Gasteiger partial charge in [-0.3, -0.25) is 14.6 Å². The van der Waals surface area contributed by atoms with Gasteiger partial charge in [-0.05, 0) is 57.4 Å². The van der Waals surface area contributed by atoms with Gasteiger partial charge in [-0.2, -0.15) is 0 Å². The summed E-state index contributed by atoms with van der Waals surface area (Å²) >= 11 is 0. The molecule has 11 nitrogen and oxygen atoms in total. The normalized spacial score (nSPS) is 34.3. The average Bonchev–Trinajstić information content (AvgIpc) is 3.15. The lowest BCUT2D eigenvalue weighted by atomic mass is 9.46. The number of aliphatic hydroxyl groups is 2. The van der Waals surface area contributed by atoms with E-state index in [0.29, 0.717) is 0 Å². The molecule has 2 aliphatic carbocycles. The SMILES string of the molecule is CC(=O)OC[C@@]12[C@@H](OC(=O)C=Cc3ccccc3)CC[C@](C)(O)[C@]13OC(C)(C)[C@H](C(=O)[C@H]2OC(=O)c1cccnc1)C3O. The van der Waals surface area contributed by atoms with Crippen molar-refractivity contribution in [1.82, 2.24) is 4.98 Å². The number of hydrogen-bond acceptors (Lipinski definition) is 11. The van der Waals surface area contributed by atoms with E-state index in [-0.39, 0.29) is 18.4 Å². The number of esters is 3. The lowest BCUT2D eigenvalue weighted by molar-refractivity contribution is -0.334. The highest BCUT2D eigenvalue weighted by Crippen LogP contribution is 2.67. The molecular weight excluding hydrogens is 558 g/mol. The first-order valence-electron chi connectivity index (χ1n) is 14.1. The summed E-state index contributed by atoms with van der Waals surface area (Å²) in [6, 6.07) is 12.0. The second-order valence-corrected chi connectivity index (χ2v) is 12.1. The molecule has 43 heavy (non-hydrogen) atoms. The molecule has 2 heterocycles. The number of nitrogens with zero attached hydrogens (tertiary/aromatic N) is 1. The number of ether oxygens (including phenoxy) is 4. The summed E-state index contributed by atoms with van der Waals surface area (Å²) in [5.74, 6) is -4.41. The fraction of sp³-hybridized carbons (Fsp3) is 0.469. The molecule has 1 aromatic heterocycles. The monoisotopic (exact) mass is 593 g/mol. The fourth-order valence-electron chi connectivity index (χ4n) is 7.22. The number of benzene rings is 1. The zero-order valence-corrected chi connectivity index (χ0v) is 24.4. The minimum atomic E-state index is -2.07. The molecular formula is C32H35NO10. The molecule has 1 aromatic carbocycles. The minimum Gasteiger partial charge on any atom is -0.465 e. The number of aromatic nitrogens is 1. The van der Waals surface area contributed by atoms with E-state index in [1.807, 2.05) is 6.07 Å². The molecule has 7 atom stereocenters. The predicted octanol–water partition coefficient (Wildman–Crippen LogP) is 2.43. The molecule has 2 bridgehead atoms. The van der Waals surface area contributed by atoms with E-state index >= 15 is 0 Å². The summed E-state index contributed by atoms with van der Waals surface area (Å²) in [6.45, 7) is 5.09. The molecule has 0 amide bonds. The second-order valence-electron chi connectivity index (χ2n) is 12.1. The van der Waals surface area contributed by atoms with Gasteiger partial charge in [0, 0.05) is 25.4 Å². The Hall–Kier alpha value is -3.93. The Bertz CT molecular complexity index is 1440. The predicted molar refractivity (Wildman–Crippen MR) is 150 cm³/mol. The van der Waals surface area contributed by atoms with Gasteiger partial charge < -0.3 is 29.2 Å². The highest BCUT2D eigenvalue weighted by molar-refractivity contribution is 5.96. The van der Waals surface area contributed by atoms with Crippen molar-refractivity contribution in [3.63, 3.8) is 0 Å². The van der Waals surface area contributed by atoms with E-state index in [9.17, 15) is 29.4 Å². The molecule has 2 N–H and O–H groups in total. The van der Waals surface area contributed by atoms with Gasteiger partial charge in [0.05, 0.1) is 28.8 Å². The van der Waals surface area contributed by atoms with Crippen LogP contribution in [0, 0.1) is 11.3 Å². The van der Waals surface area contributed by atoms with E-state index in [1.54, 1.807) is 44.2 Å². The zero-order chi connectivity index (χ0) is 31.2. The number of fused-ring (bicyclic) bond motifs is 1. The summed E-state index contributed by atoms with van der Waals surface area (Å²) < 4.78 is 23.9. The molecule has 1 spiro atoms. The number of Topliss-reactive ketones (excluding diaryl/α,β-unsaturated/α-hetero) is 1. The molecule has 2 aromatic rings. The highest BCUT2D eigenvalue weighted by Gasteiger charge is 2.85. The van der Waals surface area contributed by atoms with E-state index < -0.39 is 76.7 Å². The zero-order valence-electron chi connectivity index (χ0n) is 24.4. The van der Waals surface area contributed by atoms with Crippen molar-refractivity contribution in [2.45, 2.75) is 75.7 Å². The van der Waals surface area contributed by atoms with E-state index in [2.05, 4.69) is 4.98 Å². The van der Waals surface area contributed by atoms with Gasteiger partial charge in [-0.1, -0.05) is 30.3 Å². The number of hydrogen-bond donors (Lipinski definition) is 2. The number of rotatable bonds is 7. The average molecular weight is 594 g/mol. The Kier molecular flexibility index (Phi) is 7.78. The molecule has 228 valence electrons. The first-order valence-corrected chi connectivity index (χ1v) is 14.1. The Morgan fingerprint density at radius 2 is 1.81 bits per heavy atom. The first-order chi connectivity index (χ1) is 20.3. The van der Waals surface area contributed by atoms with Crippen LogP contribution in [0.25, 0.3) is 6.08 Å². The van der Waals surface area contributed by atoms with Gasteiger partial charge in [0.1, 0.15) is 23.7 Å². The van der Waals surface area contributed by atoms with Crippen LogP contribution in [0.4, 0.5) is 0 Å². The Balaban J connectivity index is 1.67. The van der Waals surface area contributed by atoms with Crippen molar-refractivity contribution in [2.75, 3.05) is 6.61 Å². The topological polar surface area (TPSA) is 159 Å². The highest BCUT2D eigenvalue weighted by atomic mass is 16.6. The van der Waals surface area contributed by atoms with Crippen molar-refractivity contribution in [2.24, 2.45) is 11.3 Å². The van der Waals surface area contributed by atoms with Crippen molar-refractivity contribution in [3.05, 3.63) is 72.1 Å². The third kappa shape index (κ3) is 4.85. The molecule has 5 rings (SSSR count). The van der Waals surface area contributed by atoms with E-state index in [1.165, 1.54) is 37.5 Å².